The Bertz CT molecular complexity index is 1250. The molecule has 0 spiro atoms. The zero-order valence-corrected chi connectivity index (χ0v) is 24.1. The third-order valence-corrected chi connectivity index (χ3v) is 8.93. The molecule has 8 heteroatoms. The summed E-state index contributed by atoms with van der Waals surface area (Å²) in [4.78, 5) is 33.8. The van der Waals surface area contributed by atoms with Gasteiger partial charge in [-0.3, -0.25) is 9.79 Å². The first-order chi connectivity index (χ1) is 19.4. The van der Waals surface area contributed by atoms with Crippen molar-refractivity contribution in [3.05, 3.63) is 47.5 Å². The van der Waals surface area contributed by atoms with Crippen LogP contribution in [-0.2, 0) is 4.79 Å². The number of piperidine rings is 1. The predicted molar refractivity (Wildman–Crippen MR) is 157 cm³/mol. The number of aromatic nitrogens is 2. The molecule has 2 fully saturated rings. The van der Waals surface area contributed by atoms with E-state index in [9.17, 15) is 9.18 Å². The lowest BCUT2D eigenvalue weighted by molar-refractivity contribution is -0.119. The van der Waals surface area contributed by atoms with Crippen LogP contribution >= 0.6 is 0 Å². The van der Waals surface area contributed by atoms with E-state index in [0.29, 0.717) is 60.1 Å². The van der Waals surface area contributed by atoms with E-state index in [-0.39, 0.29) is 11.9 Å². The van der Waals surface area contributed by atoms with Gasteiger partial charge in [-0.2, -0.15) is 0 Å². The number of hydrogen-bond donors (Lipinski definition) is 0. The van der Waals surface area contributed by atoms with Crippen LogP contribution in [0.25, 0.3) is 0 Å². The van der Waals surface area contributed by atoms with Gasteiger partial charge in [0.25, 0.3) is 0 Å². The number of rotatable bonds is 10. The van der Waals surface area contributed by atoms with E-state index < -0.39 is 0 Å². The molecule has 3 heterocycles. The lowest BCUT2D eigenvalue weighted by Crippen LogP contribution is -2.34. The van der Waals surface area contributed by atoms with Crippen LogP contribution in [0.1, 0.15) is 82.3 Å². The Balaban J connectivity index is 1.14. The molecule has 2 aromatic rings. The van der Waals surface area contributed by atoms with Gasteiger partial charge in [-0.25, -0.2) is 19.4 Å². The Morgan fingerprint density at radius 3 is 2.62 bits per heavy atom. The molecule has 0 amide bonds. The Morgan fingerprint density at radius 2 is 1.88 bits per heavy atom. The zero-order valence-electron chi connectivity index (χ0n) is 24.1. The number of ketones is 1. The Labute approximate surface area is 237 Å². The SMILES string of the molecule is COc1cc(N2CCC(CCC(=O)CCC3N=C(c4ccc(F)c(C)c4)N=C3C3CCCC(C)C3)CC2)ncn1. The van der Waals surface area contributed by atoms with Crippen molar-refractivity contribution in [3.8, 4) is 5.88 Å². The van der Waals surface area contributed by atoms with Gasteiger partial charge in [-0.1, -0.05) is 19.8 Å². The number of Topliss-reactive ketones (excluding diaryl/α,β-unsaturated/α-hetero) is 1. The first-order valence-electron chi connectivity index (χ1n) is 14.9. The van der Waals surface area contributed by atoms with Crippen molar-refractivity contribution < 1.29 is 13.9 Å². The molecule has 7 nitrogen and oxygen atoms in total. The van der Waals surface area contributed by atoms with Gasteiger partial charge in [-0.05, 0) is 87.0 Å². The summed E-state index contributed by atoms with van der Waals surface area (Å²) in [5.74, 6) is 3.95. The van der Waals surface area contributed by atoms with Gasteiger partial charge in [0, 0.05) is 43.3 Å². The number of halogens is 1. The number of ether oxygens (including phenoxy) is 1. The normalized spacial score (nSPS) is 23.6. The van der Waals surface area contributed by atoms with Crippen molar-refractivity contribution in [3.63, 3.8) is 0 Å². The molecule has 40 heavy (non-hydrogen) atoms. The van der Waals surface area contributed by atoms with Crippen LogP contribution in [-0.4, -0.2) is 53.5 Å². The third kappa shape index (κ3) is 6.94. The monoisotopic (exact) mass is 547 g/mol. The Hall–Kier alpha value is -3.16. The van der Waals surface area contributed by atoms with Crippen LogP contribution in [0, 0.1) is 30.5 Å². The molecule has 5 rings (SSSR count). The maximum absolute atomic E-state index is 13.9. The highest BCUT2D eigenvalue weighted by molar-refractivity contribution is 6.13. The number of amidine groups is 1. The molecule has 3 unspecified atom stereocenters. The number of aryl methyl sites for hydroxylation is 1. The fourth-order valence-electron chi connectivity index (χ4n) is 6.49. The van der Waals surface area contributed by atoms with Gasteiger partial charge in [0.1, 0.15) is 23.7 Å². The van der Waals surface area contributed by atoms with Crippen molar-refractivity contribution in [2.24, 2.45) is 27.7 Å². The number of methoxy groups -OCH3 is 1. The van der Waals surface area contributed by atoms with Crippen molar-refractivity contribution in [2.75, 3.05) is 25.1 Å². The second kappa shape index (κ2) is 13.0. The van der Waals surface area contributed by atoms with Gasteiger partial charge in [-0.15, -0.1) is 0 Å². The van der Waals surface area contributed by atoms with Crippen molar-refractivity contribution in [1.82, 2.24) is 9.97 Å². The fourth-order valence-corrected chi connectivity index (χ4v) is 6.49. The zero-order chi connectivity index (χ0) is 28.1. The van der Waals surface area contributed by atoms with Crippen LogP contribution < -0.4 is 9.64 Å². The van der Waals surface area contributed by atoms with E-state index in [1.54, 1.807) is 26.4 Å². The van der Waals surface area contributed by atoms with Crippen molar-refractivity contribution in [2.45, 2.75) is 84.1 Å². The minimum absolute atomic E-state index is 0.0484. The molecular weight excluding hydrogens is 505 g/mol. The molecule has 2 aliphatic heterocycles. The average molecular weight is 548 g/mol. The van der Waals surface area contributed by atoms with E-state index in [0.717, 1.165) is 62.3 Å². The average Bonchev–Trinajstić information content (AvgIpc) is 3.41. The molecule has 1 saturated carbocycles. The first-order valence-corrected chi connectivity index (χ1v) is 14.9. The first kappa shape index (κ1) is 28.4. The smallest absolute Gasteiger partial charge is 0.218 e. The maximum atomic E-state index is 13.9. The molecule has 1 aromatic heterocycles. The van der Waals surface area contributed by atoms with Gasteiger partial charge >= 0.3 is 0 Å². The standard InChI is InChI=1S/C32H42FN5O2/c1-21-5-4-6-24(17-21)31-28(36-32(37-31)25-8-11-27(33)22(2)18-25)12-10-26(39)9-7-23-13-15-38(16-14-23)29-19-30(40-3)35-20-34-29/h8,11,18-21,23-24,28H,4-7,9-10,12-17H2,1-3H3. The van der Waals surface area contributed by atoms with E-state index in [2.05, 4.69) is 21.8 Å². The molecule has 1 aromatic carbocycles. The Morgan fingerprint density at radius 1 is 1.07 bits per heavy atom. The fraction of sp³-hybridized carbons (Fsp3) is 0.594. The van der Waals surface area contributed by atoms with Crippen LogP contribution in [0.5, 0.6) is 5.88 Å². The lowest BCUT2D eigenvalue weighted by Gasteiger charge is -2.32. The molecule has 0 N–H and O–H groups in total. The minimum Gasteiger partial charge on any atom is -0.481 e. The number of anilines is 1. The molecule has 1 saturated heterocycles. The minimum atomic E-state index is -0.213. The molecule has 1 aliphatic carbocycles. The summed E-state index contributed by atoms with van der Waals surface area (Å²) < 4.78 is 19.1. The quantitative estimate of drug-likeness (QED) is 0.345. The number of hydrogen-bond acceptors (Lipinski definition) is 7. The van der Waals surface area contributed by atoms with Gasteiger partial charge in [0.2, 0.25) is 5.88 Å². The Kier molecular flexibility index (Phi) is 9.22. The summed E-state index contributed by atoms with van der Waals surface area (Å²) >= 11 is 0. The van der Waals surface area contributed by atoms with Gasteiger partial charge in [0.15, 0.2) is 5.84 Å². The van der Waals surface area contributed by atoms with Gasteiger partial charge < -0.3 is 9.64 Å². The number of carbonyl (C=O) groups is 1. The topological polar surface area (TPSA) is 80.0 Å². The predicted octanol–water partition coefficient (Wildman–Crippen LogP) is 6.37. The van der Waals surface area contributed by atoms with E-state index in [4.69, 9.17) is 14.7 Å². The van der Waals surface area contributed by atoms with Crippen LogP contribution in [0.3, 0.4) is 0 Å². The number of aliphatic imine (C=N–C) groups is 2. The number of benzene rings is 1. The van der Waals surface area contributed by atoms with Crippen molar-refractivity contribution in [1.29, 1.82) is 0 Å². The molecule has 214 valence electrons. The summed E-state index contributed by atoms with van der Waals surface area (Å²) in [6, 6.07) is 6.93. The third-order valence-electron chi connectivity index (χ3n) is 8.93. The van der Waals surface area contributed by atoms with Crippen molar-refractivity contribution >= 4 is 23.1 Å². The maximum Gasteiger partial charge on any atom is 0.218 e. The second-order valence-electron chi connectivity index (χ2n) is 11.9. The lowest BCUT2D eigenvalue weighted by atomic mass is 9.78. The molecular formula is C32H42FN5O2. The highest BCUT2D eigenvalue weighted by Crippen LogP contribution is 2.34. The van der Waals surface area contributed by atoms with Crippen LogP contribution in [0.15, 0.2) is 40.6 Å². The highest BCUT2D eigenvalue weighted by atomic mass is 19.1. The summed E-state index contributed by atoms with van der Waals surface area (Å²) in [6.07, 6.45) is 11.2. The van der Waals surface area contributed by atoms with Crippen LogP contribution in [0.2, 0.25) is 0 Å². The summed E-state index contributed by atoms with van der Waals surface area (Å²) in [6.45, 7) is 5.96. The molecule has 0 radical (unpaired) electrons. The second-order valence-corrected chi connectivity index (χ2v) is 11.9. The molecule has 0 bridgehead atoms. The molecule has 3 atom stereocenters. The van der Waals surface area contributed by atoms with Crippen LogP contribution in [0.4, 0.5) is 10.2 Å². The summed E-state index contributed by atoms with van der Waals surface area (Å²) in [5.41, 5.74) is 2.61. The summed E-state index contributed by atoms with van der Waals surface area (Å²) in [5, 5.41) is 0. The number of nitrogens with zero attached hydrogens (tertiary/aromatic N) is 5. The van der Waals surface area contributed by atoms with E-state index in [1.807, 2.05) is 12.1 Å². The van der Waals surface area contributed by atoms with E-state index >= 15 is 0 Å². The van der Waals surface area contributed by atoms with Gasteiger partial charge in [0.05, 0.1) is 13.2 Å². The molecule has 3 aliphatic rings. The summed E-state index contributed by atoms with van der Waals surface area (Å²) in [7, 11) is 1.61. The number of carbonyl (C=O) groups excluding carboxylic acids is 1. The van der Waals surface area contributed by atoms with E-state index in [1.165, 1.54) is 18.9 Å². The highest BCUT2D eigenvalue weighted by Gasteiger charge is 2.33. The largest absolute Gasteiger partial charge is 0.481 e.